The van der Waals surface area contributed by atoms with Gasteiger partial charge in [0.2, 0.25) is 0 Å². The molecule has 2 saturated carbocycles. The van der Waals surface area contributed by atoms with Crippen LogP contribution in [0.3, 0.4) is 0 Å². The maximum Gasteiger partial charge on any atom is 0.0175 e. The van der Waals surface area contributed by atoms with Crippen LogP contribution in [0.4, 0.5) is 0 Å². The molecule has 5 unspecified atom stereocenters. The van der Waals surface area contributed by atoms with E-state index < -0.39 is 0 Å². The lowest BCUT2D eigenvalue weighted by atomic mass is 9.87. The maximum atomic E-state index is 3.86. The Morgan fingerprint density at radius 3 is 2.24 bits per heavy atom. The number of piperidine rings is 1. The molecule has 5 atom stereocenters. The first-order valence-electron chi connectivity index (χ1n) is 7.69. The SMILES string of the molecule is BrC1CC2CCC(C1)N2CC1CC2CCC1C2. The molecular weight excluding hydrogens is 274 g/mol. The number of nitrogens with zero attached hydrogens (tertiary/aromatic N) is 1. The van der Waals surface area contributed by atoms with Gasteiger partial charge in [0.05, 0.1) is 0 Å². The van der Waals surface area contributed by atoms with E-state index in [4.69, 9.17) is 0 Å². The molecule has 4 aliphatic rings. The average Bonchev–Trinajstić information content (AvgIpc) is 2.95. The van der Waals surface area contributed by atoms with Crippen LogP contribution >= 0.6 is 15.9 Å². The molecule has 17 heavy (non-hydrogen) atoms. The second-order valence-electron chi connectivity index (χ2n) is 7.09. The van der Waals surface area contributed by atoms with Crippen molar-refractivity contribution in [2.24, 2.45) is 17.8 Å². The van der Waals surface area contributed by atoms with Gasteiger partial charge in [-0.15, -0.1) is 0 Å². The summed E-state index contributed by atoms with van der Waals surface area (Å²) < 4.78 is 0. The summed E-state index contributed by atoms with van der Waals surface area (Å²) in [5.41, 5.74) is 0. The van der Waals surface area contributed by atoms with Gasteiger partial charge in [-0.05, 0) is 62.7 Å². The Morgan fingerprint density at radius 2 is 1.65 bits per heavy atom. The lowest BCUT2D eigenvalue weighted by Gasteiger charge is -2.40. The molecule has 2 aliphatic heterocycles. The van der Waals surface area contributed by atoms with E-state index in [1.54, 1.807) is 25.7 Å². The van der Waals surface area contributed by atoms with Gasteiger partial charge in [0, 0.05) is 23.5 Å². The number of hydrogen-bond acceptors (Lipinski definition) is 1. The Bertz CT molecular complexity index is 291. The van der Waals surface area contributed by atoms with Crippen LogP contribution in [0.15, 0.2) is 0 Å². The molecule has 96 valence electrons. The van der Waals surface area contributed by atoms with Crippen LogP contribution in [0, 0.1) is 17.8 Å². The van der Waals surface area contributed by atoms with Gasteiger partial charge in [0.15, 0.2) is 0 Å². The predicted molar refractivity (Wildman–Crippen MR) is 74.4 cm³/mol. The van der Waals surface area contributed by atoms with Crippen molar-refractivity contribution in [3.8, 4) is 0 Å². The van der Waals surface area contributed by atoms with Crippen LogP contribution in [0.2, 0.25) is 0 Å². The molecule has 0 amide bonds. The molecule has 0 aromatic heterocycles. The Morgan fingerprint density at radius 1 is 0.882 bits per heavy atom. The molecule has 4 rings (SSSR count). The van der Waals surface area contributed by atoms with Crippen LogP contribution < -0.4 is 0 Å². The molecule has 2 aliphatic carbocycles. The van der Waals surface area contributed by atoms with Crippen LogP contribution in [-0.2, 0) is 0 Å². The van der Waals surface area contributed by atoms with Crippen molar-refractivity contribution < 1.29 is 0 Å². The highest BCUT2D eigenvalue weighted by Gasteiger charge is 2.45. The molecule has 0 aromatic carbocycles. The van der Waals surface area contributed by atoms with Crippen molar-refractivity contribution in [1.29, 1.82) is 0 Å². The van der Waals surface area contributed by atoms with E-state index in [-0.39, 0.29) is 0 Å². The number of rotatable bonds is 2. The van der Waals surface area contributed by atoms with Crippen LogP contribution in [0.5, 0.6) is 0 Å². The zero-order valence-corrected chi connectivity index (χ0v) is 12.2. The highest BCUT2D eigenvalue weighted by Crippen LogP contribution is 2.50. The van der Waals surface area contributed by atoms with Crippen LogP contribution in [-0.4, -0.2) is 28.4 Å². The number of hydrogen-bond donors (Lipinski definition) is 0. The molecule has 4 fully saturated rings. The van der Waals surface area contributed by atoms with Gasteiger partial charge in [0.1, 0.15) is 0 Å². The van der Waals surface area contributed by atoms with Gasteiger partial charge in [-0.3, -0.25) is 4.90 Å². The van der Waals surface area contributed by atoms with Gasteiger partial charge >= 0.3 is 0 Å². The van der Waals surface area contributed by atoms with Crippen molar-refractivity contribution in [2.75, 3.05) is 6.54 Å². The van der Waals surface area contributed by atoms with E-state index in [2.05, 4.69) is 20.8 Å². The van der Waals surface area contributed by atoms with E-state index in [1.165, 1.54) is 32.2 Å². The lowest BCUT2D eigenvalue weighted by molar-refractivity contribution is 0.104. The molecule has 2 saturated heterocycles. The summed E-state index contributed by atoms with van der Waals surface area (Å²) in [5, 5.41) is 0. The lowest BCUT2D eigenvalue weighted by Crippen LogP contribution is -2.46. The zero-order valence-electron chi connectivity index (χ0n) is 10.7. The highest BCUT2D eigenvalue weighted by molar-refractivity contribution is 9.09. The van der Waals surface area contributed by atoms with Crippen molar-refractivity contribution in [1.82, 2.24) is 4.90 Å². The first kappa shape index (κ1) is 11.3. The first-order chi connectivity index (χ1) is 8.29. The fraction of sp³-hybridized carbons (Fsp3) is 1.00. The largest absolute Gasteiger partial charge is 0.297 e. The molecule has 2 heterocycles. The molecule has 2 heteroatoms. The molecule has 1 nitrogen and oxygen atoms in total. The fourth-order valence-electron chi connectivity index (χ4n) is 5.38. The van der Waals surface area contributed by atoms with Crippen molar-refractivity contribution in [3.63, 3.8) is 0 Å². The van der Waals surface area contributed by atoms with E-state index >= 15 is 0 Å². The monoisotopic (exact) mass is 297 g/mol. The van der Waals surface area contributed by atoms with Gasteiger partial charge < -0.3 is 0 Å². The number of fused-ring (bicyclic) bond motifs is 4. The maximum absolute atomic E-state index is 3.86. The normalized spacial score (nSPS) is 53.5. The quantitative estimate of drug-likeness (QED) is 0.701. The Labute approximate surface area is 113 Å². The van der Waals surface area contributed by atoms with E-state index in [0.717, 1.165) is 34.7 Å². The van der Waals surface area contributed by atoms with Gasteiger partial charge in [-0.25, -0.2) is 0 Å². The summed E-state index contributed by atoms with van der Waals surface area (Å²) in [6, 6.07) is 1.86. The van der Waals surface area contributed by atoms with E-state index in [0.29, 0.717) is 0 Å². The Hall–Kier alpha value is 0.440. The number of alkyl halides is 1. The molecule has 0 aromatic rings. The fourth-order valence-corrected chi connectivity index (χ4v) is 6.24. The average molecular weight is 298 g/mol. The standard InChI is InChI=1S/C15H24BrN/c16-13-7-14-3-4-15(8-13)17(14)9-12-6-10-1-2-11(12)5-10/h10-15H,1-9H2. The smallest absolute Gasteiger partial charge is 0.0175 e. The van der Waals surface area contributed by atoms with Crippen molar-refractivity contribution in [2.45, 2.75) is 68.3 Å². The topological polar surface area (TPSA) is 3.24 Å². The van der Waals surface area contributed by atoms with E-state index in [1.807, 2.05) is 0 Å². The van der Waals surface area contributed by atoms with Crippen LogP contribution in [0.25, 0.3) is 0 Å². The third-order valence-electron chi connectivity index (χ3n) is 6.16. The van der Waals surface area contributed by atoms with Gasteiger partial charge in [-0.1, -0.05) is 22.4 Å². The third kappa shape index (κ3) is 1.90. The minimum Gasteiger partial charge on any atom is -0.297 e. The third-order valence-corrected chi connectivity index (χ3v) is 6.90. The number of halogens is 1. The van der Waals surface area contributed by atoms with Gasteiger partial charge in [-0.2, -0.15) is 0 Å². The highest BCUT2D eigenvalue weighted by atomic mass is 79.9. The van der Waals surface area contributed by atoms with Crippen LogP contribution in [0.1, 0.15) is 51.4 Å². The Kier molecular flexibility index (Phi) is 2.81. The minimum atomic E-state index is 0.816. The van der Waals surface area contributed by atoms with E-state index in [9.17, 15) is 0 Å². The summed E-state index contributed by atoms with van der Waals surface area (Å²) in [4.78, 5) is 3.74. The summed E-state index contributed by atoms with van der Waals surface area (Å²) in [6.07, 6.45) is 12.0. The molecule has 0 spiro atoms. The summed E-state index contributed by atoms with van der Waals surface area (Å²) in [6.45, 7) is 1.45. The summed E-state index contributed by atoms with van der Waals surface area (Å²) >= 11 is 3.86. The predicted octanol–water partition coefficient (Wildman–Crippen LogP) is 3.81. The first-order valence-corrected chi connectivity index (χ1v) is 8.61. The Balaban J connectivity index is 1.43. The molecular formula is C15H24BrN. The second kappa shape index (κ2) is 4.23. The second-order valence-corrected chi connectivity index (χ2v) is 8.38. The zero-order chi connectivity index (χ0) is 11.4. The molecule has 0 N–H and O–H groups in total. The van der Waals surface area contributed by atoms with Crippen molar-refractivity contribution >= 4 is 15.9 Å². The minimum absolute atomic E-state index is 0.816. The summed E-state index contributed by atoms with van der Waals surface area (Å²) in [7, 11) is 0. The molecule has 0 radical (unpaired) electrons. The van der Waals surface area contributed by atoms with Gasteiger partial charge in [0.25, 0.3) is 0 Å². The molecule has 4 bridgehead atoms. The summed E-state index contributed by atoms with van der Waals surface area (Å²) in [5.74, 6) is 3.31. The van der Waals surface area contributed by atoms with Crippen molar-refractivity contribution in [3.05, 3.63) is 0 Å².